The highest BCUT2D eigenvalue weighted by molar-refractivity contribution is 5.97. The van der Waals surface area contributed by atoms with E-state index < -0.39 is 22.2 Å². The molecule has 3 rings (SSSR count). The van der Waals surface area contributed by atoms with E-state index >= 15 is 0 Å². The maximum Gasteiger partial charge on any atom is 0.261 e. The number of nitrogens with one attached hydrogen (secondary N) is 1. The summed E-state index contributed by atoms with van der Waals surface area (Å²) in [4.78, 5) is 50.1. The Balaban J connectivity index is 2.16. The Kier molecular flexibility index (Phi) is 3.50. The summed E-state index contributed by atoms with van der Waals surface area (Å²) in [5.41, 5.74) is 3.51. The highest BCUT2D eigenvalue weighted by atomic mass is 16.2. The highest BCUT2D eigenvalue weighted by Crippen LogP contribution is 2.13. The molecule has 0 saturated carbocycles. The second kappa shape index (κ2) is 5.34. The van der Waals surface area contributed by atoms with Crippen LogP contribution in [0.25, 0.3) is 21.5 Å². The molecule has 0 spiro atoms. The lowest BCUT2D eigenvalue weighted by atomic mass is 10.1. The van der Waals surface area contributed by atoms with Crippen molar-refractivity contribution in [3.63, 3.8) is 0 Å². The van der Waals surface area contributed by atoms with Crippen LogP contribution in [0.5, 0.6) is 0 Å². The standard InChI is InChI=1S/C15H15N3O4/c16-4-2-1-3-5-18-14(21)10-6-8-9(7-11(10)15(18)22)13(20)17-12(8)19/h6-7H,1-5,16H2,(H,17,19,20). The number of nitrogens with two attached hydrogens (primary N) is 1. The lowest BCUT2D eigenvalue weighted by Crippen LogP contribution is -2.25. The zero-order chi connectivity index (χ0) is 15.9. The topological polar surface area (TPSA) is 115 Å². The number of hydrogen-bond donors (Lipinski definition) is 2. The van der Waals surface area contributed by atoms with E-state index in [4.69, 9.17) is 5.73 Å². The van der Waals surface area contributed by atoms with Crippen LogP contribution in [0.15, 0.2) is 31.3 Å². The van der Waals surface area contributed by atoms with Crippen LogP contribution < -0.4 is 28.0 Å². The van der Waals surface area contributed by atoms with Gasteiger partial charge in [0.25, 0.3) is 22.2 Å². The molecule has 3 aromatic rings. The molecule has 0 bridgehead atoms. The molecule has 0 saturated heterocycles. The van der Waals surface area contributed by atoms with Gasteiger partial charge in [0.15, 0.2) is 0 Å². The Morgan fingerprint density at radius 2 is 1.36 bits per heavy atom. The summed E-state index contributed by atoms with van der Waals surface area (Å²) in [7, 11) is 0. The van der Waals surface area contributed by atoms with Crippen LogP contribution in [0.4, 0.5) is 0 Å². The fourth-order valence-corrected chi connectivity index (χ4v) is 2.74. The molecule has 7 heteroatoms. The Hall–Kier alpha value is -2.54. The molecule has 1 aromatic carbocycles. The monoisotopic (exact) mass is 301 g/mol. The molecule has 2 heterocycles. The quantitative estimate of drug-likeness (QED) is 0.620. The number of H-pyrrole nitrogens is 1. The van der Waals surface area contributed by atoms with E-state index in [1.165, 1.54) is 16.7 Å². The number of nitrogens with zero attached hydrogens (tertiary/aromatic N) is 1. The lowest BCUT2D eigenvalue weighted by molar-refractivity contribution is 0.575. The minimum Gasteiger partial charge on any atom is -0.330 e. The van der Waals surface area contributed by atoms with Crippen molar-refractivity contribution in [1.29, 1.82) is 0 Å². The van der Waals surface area contributed by atoms with E-state index in [-0.39, 0.29) is 21.5 Å². The van der Waals surface area contributed by atoms with Gasteiger partial charge >= 0.3 is 0 Å². The highest BCUT2D eigenvalue weighted by Gasteiger charge is 2.16. The number of fused-ring (bicyclic) bond motifs is 2. The Labute approximate surface area is 123 Å². The van der Waals surface area contributed by atoms with Crippen molar-refractivity contribution in [2.45, 2.75) is 25.8 Å². The minimum atomic E-state index is -0.538. The third kappa shape index (κ3) is 2.10. The fourth-order valence-electron chi connectivity index (χ4n) is 2.74. The van der Waals surface area contributed by atoms with Gasteiger partial charge in [-0.05, 0) is 31.5 Å². The Morgan fingerprint density at radius 3 is 1.86 bits per heavy atom. The molecule has 0 unspecified atom stereocenters. The first kappa shape index (κ1) is 14.4. The normalized spacial score (nSPS) is 11.7. The summed E-state index contributed by atoms with van der Waals surface area (Å²) < 4.78 is 1.17. The van der Waals surface area contributed by atoms with Gasteiger partial charge in [-0.15, -0.1) is 0 Å². The summed E-state index contributed by atoms with van der Waals surface area (Å²) >= 11 is 0. The maximum atomic E-state index is 12.3. The summed E-state index contributed by atoms with van der Waals surface area (Å²) in [6.07, 6.45) is 2.36. The van der Waals surface area contributed by atoms with Gasteiger partial charge in [0, 0.05) is 6.54 Å². The molecule has 2 aromatic heterocycles. The number of aromatic nitrogens is 2. The van der Waals surface area contributed by atoms with Crippen LogP contribution in [0, 0.1) is 0 Å². The second-order valence-corrected chi connectivity index (χ2v) is 5.34. The third-order valence-electron chi connectivity index (χ3n) is 3.91. The van der Waals surface area contributed by atoms with Gasteiger partial charge in [0.2, 0.25) is 0 Å². The van der Waals surface area contributed by atoms with E-state index in [1.807, 2.05) is 0 Å². The lowest BCUT2D eigenvalue weighted by Gasteiger charge is -1.99. The number of unbranched alkanes of at least 4 members (excludes halogenated alkanes) is 2. The van der Waals surface area contributed by atoms with Crippen molar-refractivity contribution >= 4 is 21.5 Å². The number of aromatic amines is 1. The first-order valence-electron chi connectivity index (χ1n) is 7.14. The van der Waals surface area contributed by atoms with Crippen LogP contribution in [0.1, 0.15) is 19.3 Å². The SMILES string of the molecule is NCCCCCn1c(=O)c2cc3c(=O)[nH]c(=O)c3cc2c1=O. The van der Waals surface area contributed by atoms with E-state index in [2.05, 4.69) is 4.98 Å². The molecule has 0 amide bonds. The van der Waals surface area contributed by atoms with E-state index in [0.717, 1.165) is 12.8 Å². The predicted octanol–water partition coefficient (Wildman–Crippen LogP) is -0.432. The Bertz CT molecular complexity index is 975. The smallest absolute Gasteiger partial charge is 0.261 e. The van der Waals surface area contributed by atoms with Crippen LogP contribution in [-0.2, 0) is 6.54 Å². The van der Waals surface area contributed by atoms with Gasteiger partial charge in [-0.3, -0.25) is 28.7 Å². The average molecular weight is 301 g/mol. The van der Waals surface area contributed by atoms with E-state index in [1.54, 1.807) is 0 Å². The third-order valence-corrected chi connectivity index (χ3v) is 3.91. The number of rotatable bonds is 5. The largest absolute Gasteiger partial charge is 0.330 e. The van der Waals surface area contributed by atoms with Gasteiger partial charge in [0.1, 0.15) is 0 Å². The molecular weight excluding hydrogens is 286 g/mol. The molecule has 114 valence electrons. The molecular formula is C15H15N3O4. The molecule has 3 N–H and O–H groups in total. The molecule has 0 aliphatic rings. The fraction of sp³-hybridized carbons (Fsp3) is 0.333. The van der Waals surface area contributed by atoms with Crippen molar-refractivity contribution in [1.82, 2.24) is 9.55 Å². The van der Waals surface area contributed by atoms with Gasteiger partial charge in [-0.1, -0.05) is 6.42 Å². The van der Waals surface area contributed by atoms with Gasteiger partial charge in [0.05, 0.1) is 21.5 Å². The molecule has 0 atom stereocenters. The molecule has 22 heavy (non-hydrogen) atoms. The first-order valence-corrected chi connectivity index (χ1v) is 7.14. The zero-order valence-corrected chi connectivity index (χ0v) is 11.8. The van der Waals surface area contributed by atoms with Crippen LogP contribution in [-0.4, -0.2) is 16.1 Å². The molecule has 0 radical (unpaired) electrons. The van der Waals surface area contributed by atoms with E-state index in [0.29, 0.717) is 19.5 Å². The van der Waals surface area contributed by atoms with Crippen molar-refractivity contribution in [3.8, 4) is 0 Å². The predicted molar refractivity (Wildman–Crippen MR) is 84.2 cm³/mol. The van der Waals surface area contributed by atoms with Crippen LogP contribution >= 0.6 is 0 Å². The summed E-state index contributed by atoms with van der Waals surface area (Å²) in [6.45, 7) is 0.892. The molecule has 0 aliphatic heterocycles. The van der Waals surface area contributed by atoms with Gasteiger partial charge in [-0.2, -0.15) is 0 Å². The summed E-state index contributed by atoms with van der Waals surface area (Å²) in [5, 5.41) is 0.671. The molecule has 7 nitrogen and oxygen atoms in total. The number of benzene rings is 1. The van der Waals surface area contributed by atoms with Crippen molar-refractivity contribution < 1.29 is 0 Å². The Morgan fingerprint density at radius 1 is 0.818 bits per heavy atom. The minimum absolute atomic E-state index is 0.148. The number of hydrogen-bond acceptors (Lipinski definition) is 5. The average Bonchev–Trinajstić information content (AvgIpc) is 2.91. The van der Waals surface area contributed by atoms with Crippen molar-refractivity contribution in [2.75, 3.05) is 6.54 Å². The van der Waals surface area contributed by atoms with Gasteiger partial charge in [-0.25, -0.2) is 0 Å². The summed E-state index contributed by atoms with van der Waals surface area (Å²) in [6, 6.07) is 2.68. The molecule has 0 aliphatic carbocycles. The van der Waals surface area contributed by atoms with Crippen LogP contribution in [0.3, 0.4) is 0 Å². The zero-order valence-electron chi connectivity index (χ0n) is 11.8. The summed E-state index contributed by atoms with van der Waals surface area (Å²) in [5.74, 6) is 0. The van der Waals surface area contributed by atoms with Gasteiger partial charge < -0.3 is 5.73 Å². The van der Waals surface area contributed by atoms with E-state index in [9.17, 15) is 19.2 Å². The second-order valence-electron chi connectivity index (χ2n) is 5.34. The maximum absolute atomic E-state index is 12.3. The van der Waals surface area contributed by atoms with Crippen molar-refractivity contribution in [3.05, 3.63) is 53.5 Å². The first-order chi connectivity index (χ1) is 10.5. The van der Waals surface area contributed by atoms with Crippen molar-refractivity contribution in [2.24, 2.45) is 5.73 Å². The van der Waals surface area contributed by atoms with Crippen LogP contribution in [0.2, 0.25) is 0 Å². The molecule has 0 fully saturated rings.